The summed E-state index contributed by atoms with van der Waals surface area (Å²) in [4.78, 5) is 15.7. The van der Waals surface area contributed by atoms with Crippen LogP contribution in [-0.2, 0) is 0 Å². The fraction of sp³-hybridized carbons (Fsp3) is 0.0909. The number of carboxylic acid groups (broad SMARTS) is 1. The van der Waals surface area contributed by atoms with Crippen molar-refractivity contribution >= 4 is 17.9 Å². The van der Waals surface area contributed by atoms with Gasteiger partial charge >= 0.3 is 0 Å². The summed E-state index contributed by atoms with van der Waals surface area (Å²) >= 11 is 0. The van der Waals surface area contributed by atoms with E-state index in [9.17, 15) is 9.90 Å². The third-order valence-electron chi connectivity index (χ3n) is 3.88. The van der Waals surface area contributed by atoms with Crippen LogP contribution in [0.2, 0.25) is 0 Å². The molecule has 0 saturated heterocycles. The molecule has 26 heavy (non-hydrogen) atoms. The summed E-state index contributed by atoms with van der Waals surface area (Å²) in [5.41, 5.74) is 3.38. The minimum Gasteiger partial charge on any atom is -0.545 e. The Kier molecular flexibility index (Phi) is 5.44. The van der Waals surface area contributed by atoms with E-state index in [1.54, 1.807) is 30.5 Å². The first-order valence-electron chi connectivity index (χ1n) is 8.35. The zero-order valence-electron chi connectivity index (χ0n) is 14.4. The molecule has 0 spiro atoms. The van der Waals surface area contributed by atoms with Crippen molar-refractivity contribution in [3.8, 4) is 16.9 Å². The highest BCUT2D eigenvalue weighted by atomic mass is 16.5. The smallest absolute Gasteiger partial charge is 0.119 e. The van der Waals surface area contributed by atoms with Crippen LogP contribution in [0.1, 0.15) is 22.8 Å². The maximum atomic E-state index is 11.2. The van der Waals surface area contributed by atoms with Crippen molar-refractivity contribution in [3.63, 3.8) is 0 Å². The SMILES string of the molecule is CCOc1ccc(C=Nc2ccc(-c3ccccc3C(=O)[O-])cc2)cc1. The molecule has 0 bridgehead atoms. The predicted molar refractivity (Wildman–Crippen MR) is 101 cm³/mol. The first-order valence-corrected chi connectivity index (χ1v) is 8.35. The third kappa shape index (κ3) is 4.16. The lowest BCUT2D eigenvalue weighted by Gasteiger charge is -2.10. The van der Waals surface area contributed by atoms with Crippen LogP contribution in [0.3, 0.4) is 0 Å². The molecule has 0 saturated carbocycles. The van der Waals surface area contributed by atoms with Crippen LogP contribution in [0.5, 0.6) is 5.75 Å². The molecule has 0 aliphatic carbocycles. The predicted octanol–water partition coefficient (Wildman–Crippen LogP) is 3.87. The second-order valence-corrected chi connectivity index (χ2v) is 5.64. The number of aromatic carboxylic acids is 1. The molecule has 3 rings (SSSR count). The molecular formula is C22H18NO3-. The van der Waals surface area contributed by atoms with E-state index in [1.165, 1.54) is 0 Å². The first-order chi connectivity index (χ1) is 12.7. The van der Waals surface area contributed by atoms with E-state index in [4.69, 9.17) is 4.74 Å². The van der Waals surface area contributed by atoms with Crippen molar-refractivity contribution in [2.24, 2.45) is 4.99 Å². The van der Waals surface area contributed by atoms with Crippen molar-refractivity contribution in [3.05, 3.63) is 83.9 Å². The van der Waals surface area contributed by atoms with Gasteiger partial charge in [0.05, 0.1) is 18.3 Å². The van der Waals surface area contributed by atoms with Crippen molar-refractivity contribution < 1.29 is 14.6 Å². The van der Waals surface area contributed by atoms with Crippen LogP contribution in [0.4, 0.5) is 5.69 Å². The molecule has 0 aromatic heterocycles. The Balaban J connectivity index is 1.77. The highest BCUT2D eigenvalue weighted by molar-refractivity contribution is 5.94. The van der Waals surface area contributed by atoms with Gasteiger partial charge in [-0.05, 0) is 60.0 Å². The van der Waals surface area contributed by atoms with Crippen LogP contribution < -0.4 is 9.84 Å². The molecule has 3 aromatic carbocycles. The number of carbonyl (C=O) groups is 1. The molecule has 0 amide bonds. The number of carboxylic acids is 1. The van der Waals surface area contributed by atoms with Gasteiger partial charge in [0.15, 0.2) is 0 Å². The van der Waals surface area contributed by atoms with Gasteiger partial charge in [0.1, 0.15) is 5.75 Å². The Morgan fingerprint density at radius 2 is 1.69 bits per heavy atom. The van der Waals surface area contributed by atoms with E-state index in [0.717, 1.165) is 22.6 Å². The molecule has 130 valence electrons. The van der Waals surface area contributed by atoms with Crippen LogP contribution in [0, 0.1) is 0 Å². The van der Waals surface area contributed by atoms with Crippen LogP contribution in [0.25, 0.3) is 11.1 Å². The summed E-state index contributed by atoms with van der Waals surface area (Å²) in [5.74, 6) is -0.348. The zero-order valence-corrected chi connectivity index (χ0v) is 14.4. The van der Waals surface area contributed by atoms with Gasteiger partial charge in [-0.3, -0.25) is 4.99 Å². The van der Waals surface area contributed by atoms with E-state index in [1.807, 2.05) is 55.5 Å². The number of hydrogen-bond acceptors (Lipinski definition) is 4. The maximum absolute atomic E-state index is 11.2. The average molecular weight is 344 g/mol. The Hall–Kier alpha value is -3.40. The van der Waals surface area contributed by atoms with Gasteiger partial charge in [-0.15, -0.1) is 0 Å². The fourth-order valence-electron chi connectivity index (χ4n) is 2.61. The summed E-state index contributed by atoms with van der Waals surface area (Å²) in [6.07, 6.45) is 1.78. The second kappa shape index (κ2) is 8.12. The van der Waals surface area contributed by atoms with E-state index >= 15 is 0 Å². The summed E-state index contributed by atoms with van der Waals surface area (Å²) < 4.78 is 5.41. The Bertz CT molecular complexity index is 913. The monoisotopic (exact) mass is 344 g/mol. The Labute approximate surface area is 152 Å². The number of carbonyl (C=O) groups excluding carboxylic acids is 1. The van der Waals surface area contributed by atoms with Gasteiger partial charge in [-0.25, -0.2) is 0 Å². The summed E-state index contributed by atoms with van der Waals surface area (Å²) in [5, 5.41) is 11.2. The first kappa shape index (κ1) is 17.4. The summed E-state index contributed by atoms with van der Waals surface area (Å²) in [6.45, 7) is 2.59. The molecule has 4 nitrogen and oxygen atoms in total. The fourth-order valence-corrected chi connectivity index (χ4v) is 2.61. The molecule has 0 unspecified atom stereocenters. The number of aliphatic imine (C=N–C) groups is 1. The number of benzene rings is 3. The van der Waals surface area contributed by atoms with Gasteiger partial charge in [-0.2, -0.15) is 0 Å². The topological polar surface area (TPSA) is 61.7 Å². The molecule has 0 aliphatic rings. The van der Waals surface area contributed by atoms with Gasteiger partial charge in [0.2, 0.25) is 0 Å². The molecule has 0 aliphatic heterocycles. The zero-order chi connectivity index (χ0) is 18.4. The molecule has 3 aromatic rings. The Morgan fingerprint density at radius 3 is 2.35 bits per heavy atom. The summed E-state index contributed by atoms with van der Waals surface area (Å²) in [6, 6.07) is 21.9. The lowest BCUT2D eigenvalue weighted by atomic mass is 9.99. The number of rotatable bonds is 6. The van der Waals surface area contributed by atoms with E-state index < -0.39 is 5.97 Å². The van der Waals surface area contributed by atoms with Crippen LogP contribution in [0.15, 0.2) is 77.8 Å². The molecule has 0 N–H and O–H groups in total. The highest BCUT2D eigenvalue weighted by Crippen LogP contribution is 2.25. The normalized spacial score (nSPS) is 10.8. The summed E-state index contributed by atoms with van der Waals surface area (Å²) in [7, 11) is 0. The van der Waals surface area contributed by atoms with Crippen LogP contribution >= 0.6 is 0 Å². The van der Waals surface area contributed by atoms with Crippen molar-refractivity contribution in [2.45, 2.75) is 6.92 Å². The molecule has 0 fully saturated rings. The van der Waals surface area contributed by atoms with Crippen molar-refractivity contribution in [1.82, 2.24) is 0 Å². The number of nitrogens with zero attached hydrogens (tertiary/aromatic N) is 1. The van der Waals surface area contributed by atoms with Crippen molar-refractivity contribution in [1.29, 1.82) is 0 Å². The molecule has 0 atom stereocenters. The molecule has 0 radical (unpaired) electrons. The third-order valence-corrected chi connectivity index (χ3v) is 3.88. The minimum atomic E-state index is -1.18. The van der Waals surface area contributed by atoms with E-state index in [2.05, 4.69) is 4.99 Å². The standard InChI is InChI=1S/C22H19NO3/c1-2-26-19-13-7-16(8-14-19)15-23-18-11-9-17(10-12-18)20-5-3-4-6-21(20)22(24)25/h3-15H,2H2,1H3,(H,24,25)/p-1. The number of hydrogen-bond donors (Lipinski definition) is 0. The van der Waals surface area contributed by atoms with Gasteiger partial charge < -0.3 is 14.6 Å². The number of ether oxygens (including phenoxy) is 1. The van der Waals surface area contributed by atoms with Gasteiger partial charge in [-0.1, -0.05) is 36.4 Å². The van der Waals surface area contributed by atoms with Gasteiger partial charge in [0, 0.05) is 11.8 Å². The van der Waals surface area contributed by atoms with Gasteiger partial charge in [0.25, 0.3) is 0 Å². The average Bonchev–Trinajstić information content (AvgIpc) is 2.68. The quantitative estimate of drug-likeness (QED) is 0.638. The second-order valence-electron chi connectivity index (χ2n) is 5.64. The van der Waals surface area contributed by atoms with Crippen LogP contribution in [-0.4, -0.2) is 18.8 Å². The maximum Gasteiger partial charge on any atom is 0.119 e. The molecule has 4 heteroatoms. The lowest BCUT2D eigenvalue weighted by Crippen LogP contribution is -2.22. The largest absolute Gasteiger partial charge is 0.545 e. The van der Waals surface area contributed by atoms with E-state index in [0.29, 0.717) is 12.2 Å². The Morgan fingerprint density at radius 1 is 1.00 bits per heavy atom. The van der Waals surface area contributed by atoms with Crippen molar-refractivity contribution in [2.75, 3.05) is 6.61 Å². The molecule has 0 heterocycles. The molecular weight excluding hydrogens is 326 g/mol. The highest BCUT2D eigenvalue weighted by Gasteiger charge is 2.05. The van der Waals surface area contributed by atoms with E-state index in [-0.39, 0.29) is 5.56 Å². The lowest BCUT2D eigenvalue weighted by molar-refractivity contribution is -0.254. The minimum absolute atomic E-state index is 0.179.